The van der Waals surface area contributed by atoms with E-state index in [4.69, 9.17) is 0 Å². The fourth-order valence-electron chi connectivity index (χ4n) is 3.20. The van der Waals surface area contributed by atoms with Crippen molar-refractivity contribution in [1.29, 1.82) is 0 Å². The Morgan fingerprint density at radius 2 is 2.00 bits per heavy atom. The fourth-order valence-corrected chi connectivity index (χ4v) is 3.20. The smallest absolute Gasteiger partial charge is 0.222 e. The van der Waals surface area contributed by atoms with E-state index in [1.807, 2.05) is 4.90 Å². The second-order valence-electron chi connectivity index (χ2n) is 6.87. The number of rotatable bonds is 3. The van der Waals surface area contributed by atoms with Crippen LogP contribution in [-0.2, 0) is 4.79 Å². The van der Waals surface area contributed by atoms with Crippen molar-refractivity contribution in [2.75, 3.05) is 13.1 Å². The van der Waals surface area contributed by atoms with Crippen LogP contribution in [-0.4, -0.2) is 35.1 Å². The van der Waals surface area contributed by atoms with E-state index in [1.165, 1.54) is 12.8 Å². The van der Waals surface area contributed by atoms with Crippen LogP contribution in [0.25, 0.3) is 0 Å². The molecule has 1 unspecified atom stereocenters. The topological polar surface area (TPSA) is 40.5 Å². The predicted molar refractivity (Wildman–Crippen MR) is 72.2 cm³/mol. The molecule has 0 aromatic rings. The molecule has 1 aliphatic carbocycles. The zero-order chi connectivity index (χ0) is 13.2. The highest BCUT2D eigenvalue weighted by molar-refractivity contribution is 5.76. The van der Waals surface area contributed by atoms with Gasteiger partial charge in [-0.25, -0.2) is 0 Å². The van der Waals surface area contributed by atoms with E-state index in [1.54, 1.807) is 0 Å². The molecule has 3 heteroatoms. The van der Waals surface area contributed by atoms with Gasteiger partial charge in [-0.1, -0.05) is 26.7 Å². The van der Waals surface area contributed by atoms with Crippen molar-refractivity contribution < 1.29 is 9.90 Å². The van der Waals surface area contributed by atoms with Crippen LogP contribution in [0, 0.1) is 11.3 Å². The third-order valence-electron chi connectivity index (χ3n) is 4.78. The highest BCUT2D eigenvalue weighted by Gasteiger charge is 2.30. The third-order valence-corrected chi connectivity index (χ3v) is 4.78. The average molecular weight is 253 g/mol. The van der Waals surface area contributed by atoms with Crippen LogP contribution in [0.15, 0.2) is 0 Å². The molecule has 0 aromatic heterocycles. The van der Waals surface area contributed by atoms with Gasteiger partial charge in [0.25, 0.3) is 0 Å². The number of nitrogens with zero attached hydrogens (tertiary/aromatic N) is 1. The molecule has 0 spiro atoms. The van der Waals surface area contributed by atoms with E-state index >= 15 is 0 Å². The first-order valence-electron chi connectivity index (χ1n) is 7.44. The average Bonchev–Trinajstić information content (AvgIpc) is 2.81. The van der Waals surface area contributed by atoms with E-state index in [2.05, 4.69) is 13.8 Å². The summed E-state index contributed by atoms with van der Waals surface area (Å²) in [5.41, 5.74) is 0.267. The molecule has 2 fully saturated rings. The molecule has 1 amide bonds. The SMILES string of the molecule is CC1(C)CCC(=O)N(CC(O)C2CCCC2)CC1. The molecule has 1 saturated carbocycles. The van der Waals surface area contributed by atoms with Crippen LogP contribution in [0.3, 0.4) is 0 Å². The highest BCUT2D eigenvalue weighted by Crippen LogP contribution is 2.32. The molecular weight excluding hydrogens is 226 g/mol. The Labute approximate surface area is 111 Å². The summed E-state index contributed by atoms with van der Waals surface area (Å²) in [6, 6.07) is 0. The largest absolute Gasteiger partial charge is 0.391 e. The molecule has 1 aliphatic heterocycles. The van der Waals surface area contributed by atoms with Gasteiger partial charge in [0.15, 0.2) is 0 Å². The molecule has 1 heterocycles. The second kappa shape index (κ2) is 5.60. The van der Waals surface area contributed by atoms with Gasteiger partial charge in [0, 0.05) is 19.5 Å². The van der Waals surface area contributed by atoms with Gasteiger partial charge >= 0.3 is 0 Å². The Kier molecular flexibility index (Phi) is 4.31. The van der Waals surface area contributed by atoms with E-state index in [0.29, 0.717) is 18.9 Å². The van der Waals surface area contributed by atoms with Gasteiger partial charge in [-0.3, -0.25) is 4.79 Å². The molecule has 1 saturated heterocycles. The maximum atomic E-state index is 12.1. The molecule has 1 N–H and O–H groups in total. The van der Waals surface area contributed by atoms with E-state index in [-0.39, 0.29) is 17.4 Å². The molecule has 104 valence electrons. The van der Waals surface area contributed by atoms with Crippen molar-refractivity contribution in [1.82, 2.24) is 4.90 Å². The number of amides is 1. The van der Waals surface area contributed by atoms with Gasteiger partial charge in [0.2, 0.25) is 5.91 Å². The van der Waals surface area contributed by atoms with E-state index in [9.17, 15) is 9.90 Å². The molecule has 0 aromatic carbocycles. The number of hydrogen-bond donors (Lipinski definition) is 1. The number of β-amino-alcohol motifs (C(OH)–C–C–N with tert-alkyl or cyclic N) is 1. The molecular formula is C15H27NO2. The monoisotopic (exact) mass is 253 g/mol. The summed E-state index contributed by atoms with van der Waals surface area (Å²) in [4.78, 5) is 14.0. The standard InChI is InChI=1S/C15H27NO2/c1-15(2)8-7-14(18)16(10-9-15)11-13(17)12-5-3-4-6-12/h12-13,17H,3-11H2,1-2H3. The Hall–Kier alpha value is -0.570. The second-order valence-corrected chi connectivity index (χ2v) is 6.87. The van der Waals surface area contributed by atoms with Crippen LogP contribution in [0.4, 0.5) is 0 Å². The summed E-state index contributed by atoms with van der Waals surface area (Å²) < 4.78 is 0. The summed E-state index contributed by atoms with van der Waals surface area (Å²) in [5, 5.41) is 10.2. The van der Waals surface area contributed by atoms with Gasteiger partial charge in [-0.2, -0.15) is 0 Å². The lowest BCUT2D eigenvalue weighted by Gasteiger charge is -2.27. The Bertz CT molecular complexity index is 295. The maximum Gasteiger partial charge on any atom is 0.222 e. The van der Waals surface area contributed by atoms with E-state index in [0.717, 1.165) is 32.2 Å². The Morgan fingerprint density at radius 1 is 1.33 bits per heavy atom. The minimum atomic E-state index is -0.308. The molecule has 0 bridgehead atoms. The van der Waals surface area contributed by atoms with Gasteiger partial charge in [-0.05, 0) is 37.0 Å². The van der Waals surface area contributed by atoms with Crippen LogP contribution in [0.5, 0.6) is 0 Å². The quantitative estimate of drug-likeness (QED) is 0.840. The van der Waals surface area contributed by atoms with Crippen LogP contribution >= 0.6 is 0 Å². The first-order valence-corrected chi connectivity index (χ1v) is 7.44. The van der Waals surface area contributed by atoms with Crippen LogP contribution < -0.4 is 0 Å². The number of aliphatic hydroxyl groups is 1. The number of carbonyl (C=O) groups excluding carboxylic acids is 1. The normalized spacial score (nSPS) is 27.3. The summed E-state index contributed by atoms with van der Waals surface area (Å²) in [6.45, 7) is 5.84. The molecule has 0 radical (unpaired) electrons. The van der Waals surface area contributed by atoms with Gasteiger partial charge in [-0.15, -0.1) is 0 Å². The fraction of sp³-hybridized carbons (Fsp3) is 0.933. The molecule has 3 nitrogen and oxygen atoms in total. The molecule has 2 aliphatic rings. The number of likely N-dealkylation sites (tertiary alicyclic amines) is 1. The first kappa shape index (κ1) is 13.9. The summed E-state index contributed by atoms with van der Waals surface area (Å²) in [6.07, 6.45) is 7.11. The van der Waals surface area contributed by atoms with Gasteiger partial charge in [0.05, 0.1) is 6.10 Å². The lowest BCUT2D eigenvalue weighted by Crippen LogP contribution is -2.39. The lowest BCUT2D eigenvalue weighted by molar-refractivity contribution is -0.132. The van der Waals surface area contributed by atoms with Crippen molar-refractivity contribution >= 4 is 5.91 Å². The van der Waals surface area contributed by atoms with Crippen LogP contribution in [0.2, 0.25) is 0 Å². The van der Waals surface area contributed by atoms with Crippen LogP contribution in [0.1, 0.15) is 58.8 Å². The molecule has 2 rings (SSSR count). The highest BCUT2D eigenvalue weighted by atomic mass is 16.3. The van der Waals surface area contributed by atoms with Crippen molar-refractivity contribution in [2.24, 2.45) is 11.3 Å². The number of carbonyl (C=O) groups is 1. The molecule has 1 atom stereocenters. The summed E-state index contributed by atoms with van der Waals surface area (Å²) in [5.74, 6) is 0.659. The first-order chi connectivity index (χ1) is 8.48. The third kappa shape index (κ3) is 3.47. The van der Waals surface area contributed by atoms with Crippen molar-refractivity contribution in [2.45, 2.75) is 64.9 Å². The minimum absolute atomic E-state index is 0.234. The van der Waals surface area contributed by atoms with E-state index < -0.39 is 0 Å². The Morgan fingerprint density at radius 3 is 2.67 bits per heavy atom. The van der Waals surface area contributed by atoms with Gasteiger partial charge < -0.3 is 10.0 Å². The van der Waals surface area contributed by atoms with Gasteiger partial charge in [0.1, 0.15) is 0 Å². The minimum Gasteiger partial charge on any atom is -0.391 e. The number of hydrogen-bond acceptors (Lipinski definition) is 2. The van der Waals surface area contributed by atoms with Crippen molar-refractivity contribution in [3.8, 4) is 0 Å². The zero-order valence-corrected chi connectivity index (χ0v) is 11.8. The summed E-state index contributed by atoms with van der Waals surface area (Å²) in [7, 11) is 0. The maximum absolute atomic E-state index is 12.1. The zero-order valence-electron chi connectivity index (χ0n) is 11.8. The molecule has 18 heavy (non-hydrogen) atoms. The van der Waals surface area contributed by atoms with Crippen molar-refractivity contribution in [3.05, 3.63) is 0 Å². The summed E-state index contributed by atoms with van der Waals surface area (Å²) >= 11 is 0. The Balaban J connectivity index is 1.89. The lowest BCUT2D eigenvalue weighted by atomic mass is 9.85. The number of aliphatic hydroxyl groups excluding tert-OH is 1. The predicted octanol–water partition coefficient (Wildman–Crippen LogP) is 2.58. The van der Waals surface area contributed by atoms with Crippen molar-refractivity contribution in [3.63, 3.8) is 0 Å².